The highest BCUT2D eigenvalue weighted by Crippen LogP contribution is 2.10. The number of rotatable bonds is 11. The van der Waals surface area contributed by atoms with E-state index in [1.807, 2.05) is 0 Å². The van der Waals surface area contributed by atoms with E-state index >= 15 is 0 Å². The fraction of sp³-hybridized carbons (Fsp3) is 0.526. The van der Waals surface area contributed by atoms with Crippen molar-refractivity contribution in [3.8, 4) is 0 Å². The Hall–Kier alpha value is -2.61. The third-order valence-corrected chi connectivity index (χ3v) is 4.01. The lowest BCUT2D eigenvalue weighted by molar-refractivity contribution is 0.211. The van der Waals surface area contributed by atoms with E-state index in [2.05, 4.69) is 73.8 Å². The minimum Gasteiger partial charge on any atom is -0.383 e. The predicted molar refractivity (Wildman–Crippen MR) is 109 cm³/mol. The number of aliphatic imine (C=N–C) groups is 1. The van der Waals surface area contributed by atoms with Crippen LogP contribution in [0.3, 0.4) is 0 Å². The normalized spacial score (nSPS) is 11.4. The van der Waals surface area contributed by atoms with Gasteiger partial charge in [0.1, 0.15) is 12.2 Å². The van der Waals surface area contributed by atoms with Crippen molar-refractivity contribution >= 4 is 11.6 Å². The van der Waals surface area contributed by atoms with Gasteiger partial charge in [0.05, 0.1) is 13.2 Å². The molecule has 1 aromatic heterocycles. The molecule has 0 fully saturated rings. The lowest BCUT2D eigenvalue weighted by atomic mass is 10.2. The molecule has 0 aliphatic rings. The van der Waals surface area contributed by atoms with Crippen LogP contribution in [0.5, 0.6) is 0 Å². The fourth-order valence-electron chi connectivity index (χ4n) is 2.57. The summed E-state index contributed by atoms with van der Waals surface area (Å²) in [5.41, 5.74) is 2.25. The number of aromatic nitrogens is 3. The molecule has 0 radical (unpaired) electrons. The van der Waals surface area contributed by atoms with Crippen LogP contribution in [-0.4, -0.2) is 54.1 Å². The number of nitrogens with zero attached hydrogens (tertiary/aromatic N) is 4. The van der Waals surface area contributed by atoms with Crippen molar-refractivity contribution in [2.75, 3.05) is 38.7 Å². The Morgan fingerprint density at radius 1 is 1.15 bits per heavy atom. The van der Waals surface area contributed by atoms with Gasteiger partial charge in [0, 0.05) is 45.4 Å². The van der Waals surface area contributed by atoms with Gasteiger partial charge in [-0.1, -0.05) is 19.1 Å². The molecule has 0 bridgehead atoms. The number of aryl methyl sites for hydroxylation is 1. The second-order valence-corrected chi connectivity index (χ2v) is 6.03. The summed E-state index contributed by atoms with van der Waals surface area (Å²) in [6.45, 7) is 8.65. The molecule has 8 nitrogen and oxygen atoms in total. The minimum atomic E-state index is 0.626. The second-order valence-electron chi connectivity index (χ2n) is 6.03. The Morgan fingerprint density at radius 2 is 1.96 bits per heavy atom. The standard InChI is InChI=1S/C19H31N7O/c1-4-18-25-24-15-26(18)12-10-22-19(20-5-2)23-14-16-6-8-17(9-7-16)21-11-13-27-3/h6-9,15,21H,4-5,10-14H2,1-3H3,(H2,20,22,23). The quantitative estimate of drug-likeness (QED) is 0.315. The molecule has 8 heteroatoms. The Balaban J connectivity index is 1.83. The number of benzene rings is 1. The van der Waals surface area contributed by atoms with E-state index in [4.69, 9.17) is 4.74 Å². The Kier molecular flexibility index (Phi) is 9.12. The van der Waals surface area contributed by atoms with Crippen LogP contribution in [0.4, 0.5) is 5.69 Å². The Bertz CT molecular complexity index is 682. The van der Waals surface area contributed by atoms with E-state index in [0.29, 0.717) is 13.2 Å². The van der Waals surface area contributed by atoms with Gasteiger partial charge in [-0.3, -0.25) is 0 Å². The number of guanidine groups is 1. The first-order valence-electron chi connectivity index (χ1n) is 9.47. The summed E-state index contributed by atoms with van der Waals surface area (Å²) < 4.78 is 7.10. The van der Waals surface area contributed by atoms with Crippen LogP contribution in [0.1, 0.15) is 25.2 Å². The third-order valence-electron chi connectivity index (χ3n) is 4.01. The molecule has 0 spiro atoms. The van der Waals surface area contributed by atoms with Crippen LogP contribution < -0.4 is 16.0 Å². The van der Waals surface area contributed by atoms with Crippen molar-refractivity contribution in [3.63, 3.8) is 0 Å². The molecular formula is C19H31N7O. The summed E-state index contributed by atoms with van der Waals surface area (Å²) in [5.74, 6) is 1.81. The third kappa shape index (κ3) is 7.26. The molecule has 0 atom stereocenters. The van der Waals surface area contributed by atoms with E-state index in [1.54, 1.807) is 13.4 Å². The zero-order chi connectivity index (χ0) is 19.3. The number of ether oxygens (including phenoxy) is 1. The maximum absolute atomic E-state index is 5.04. The van der Waals surface area contributed by atoms with Gasteiger partial charge in [-0.15, -0.1) is 10.2 Å². The molecule has 2 aromatic rings. The van der Waals surface area contributed by atoms with Crippen LogP contribution >= 0.6 is 0 Å². The first-order chi connectivity index (χ1) is 13.3. The molecule has 0 aliphatic carbocycles. The van der Waals surface area contributed by atoms with Crippen LogP contribution in [0.2, 0.25) is 0 Å². The van der Waals surface area contributed by atoms with Gasteiger partial charge >= 0.3 is 0 Å². The van der Waals surface area contributed by atoms with Gasteiger partial charge in [-0.2, -0.15) is 0 Å². The minimum absolute atomic E-state index is 0.626. The van der Waals surface area contributed by atoms with E-state index in [9.17, 15) is 0 Å². The number of methoxy groups -OCH3 is 1. The van der Waals surface area contributed by atoms with E-state index in [1.165, 1.54) is 0 Å². The number of hydrogen-bond acceptors (Lipinski definition) is 5. The lowest BCUT2D eigenvalue weighted by Crippen LogP contribution is -2.38. The largest absolute Gasteiger partial charge is 0.383 e. The summed E-state index contributed by atoms with van der Waals surface area (Å²) in [6, 6.07) is 8.32. The van der Waals surface area contributed by atoms with Crippen molar-refractivity contribution in [3.05, 3.63) is 42.0 Å². The van der Waals surface area contributed by atoms with Crippen molar-refractivity contribution in [2.24, 2.45) is 4.99 Å². The molecular weight excluding hydrogens is 342 g/mol. The van der Waals surface area contributed by atoms with E-state index < -0.39 is 0 Å². The van der Waals surface area contributed by atoms with E-state index in [-0.39, 0.29) is 0 Å². The molecule has 0 aliphatic heterocycles. The summed E-state index contributed by atoms with van der Waals surface area (Å²) in [6.07, 6.45) is 2.65. The highest BCUT2D eigenvalue weighted by molar-refractivity contribution is 5.79. The van der Waals surface area contributed by atoms with Crippen LogP contribution in [0.15, 0.2) is 35.6 Å². The van der Waals surface area contributed by atoms with Crippen molar-refractivity contribution in [1.29, 1.82) is 0 Å². The van der Waals surface area contributed by atoms with Crippen LogP contribution in [0, 0.1) is 0 Å². The zero-order valence-corrected chi connectivity index (χ0v) is 16.5. The molecule has 0 unspecified atom stereocenters. The summed E-state index contributed by atoms with van der Waals surface area (Å²) in [4.78, 5) is 4.66. The fourth-order valence-corrected chi connectivity index (χ4v) is 2.57. The molecule has 148 valence electrons. The molecule has 2 rings (SSSR count). The summed E-state index contributed by atoms with van der Waals surface area (Å²) >= 11 is 0. The van der Waals surface area contributed by atoms with Gasteiger partial charge in [0.15, 0.2) is 5.96 Å². The van der Waals surface area contributed by atoms with Crippen molar-refractivity contribution < 1.29 is 4.74 Å². The van der Waals surface area contributed by atoms with Crippen molar-refractivity contribution in [1.82, 2.24) is 25.4 Å². The second kappa shape index (κ2) is 11.9. The van der Waals surface area contributed by atoms with Gasteiger partial charge in [0.25, 0.3) is 0 Å². The number of hydrogen-bond donors (Lipinski definition) is 3. The predicted octanol–water partition coefficient (Wildman–Crippen LogP) is 1.65. The van der Waals surface area contributed by atoms with Gasteiger partial charge < -0.3 is 25.3 Å². The first-order valence-corrected chi connectivity index (χ1v) is 9.47. The molecule has 3 N–H and O–H groups in total. The highest BCUT2D eigenvalue weighted by Gasteiger charge is 2.02. The van der Waals surface area contributed by atoms with Gasteiger partial charge in [-0.05, 0) is 24.6 Å². The Labute approximate surface area is 161 Å². The molecule has 0 saturated heterocycles. The highest BCUT2D eigenvalue weighted by atomic mass is 16.5. The first kappa shape index (κ1) is 20.7. The number of nitrogens with one attached hydrogen (secondary N) is 3. The Morgan fingerprint density at radius 3 is 2.67 bits per heavy atom. The molecule has 0 saturated carbocycles. The average molecular weight is 374 g/mol. The average Bonchev–Trinajstić information content (AvgIpc) is 3.15. The monoisotopic (exact) mass is 373 g/mol. The van der Waals surface area contributed by atoms with Crippen LogP contribution in [0.25, 0.3) is 0 Å². The summed E-state index contributed by atoms with van der Waals surface area (Å²) in [5, 5.41) is 18.0. The smallest absolute Gasteiger partial charge is 0.191 e. The van der Waals surface area contributed by atoms with Crippen molar-refractivity contribution in [2.45, 2.75) is 33.4 Å². The lowest BCUT2D eigenvalue weighted by Gasteiger charge is -2.12. The zero-order valence-electron chi connectivity index (χ0n) is 16.5. The SMILES string of the molecule is CCNC(=NCc1ccc(NCCOC)cc1)NCCn1cnnc1CC. The van der Waals surface area contributed by atoms with Gasteiger partial charge in [-0.25, -0.2) is 4.99 Å². The molecule has 0 amide bonds. The topological polar surface area (TPSA) is 88.4 Å². The van der Waals surface area contributed by atoms with Gasteiger partial charge in [0.2, 0.25) is 0 Å². The van der Waals surface area contributed by atoms with E-state index in [0.717, 1.165) is 55.6 Å². The maximum atomic E-state index is 5.04. The number of anilines is 1. The van der Waals surface area contributed by atoms with Crippen LogP contribution in [-0.2, 0) is 24.2 Å². The summed E-state index contributed by atoms with van der Waals surface area (Å²) in [7, 11) is 1.70. The molecule has 1 heterocycles. The maximum Gasteiger partial charge on any atom is 0.191 e. The molecule has 1 aromatic carbocycles. The molecule has 27 heavy (non-hydrogen) atoms.